The minimum Gasteiger partial charge on any atom is -0.387 e. The molecule has 1 heterocycles. The molecule has 1 aliphatic heterocycles. The number of halogens is 1. The van der Waals surface area contributed by atoms with Crippen LogP contribution in [0.4, 0.5) is 4.39 Å². The smallest absolute Gasteiger partial charge is 0.248 e. The number of carbonyl (C=O) groups is 1. The van der Waals surface area contributed by atoms with Crippen LogP contribution in [-0.4, -0.2) is 55.0 Å². The second-order valence-electron chi connectivity index (χ2n) is 3.08. The third-order valence-electron chi connectivity index (χ3n) is 2.27. The summed E-state index contributed by atoms with van der Waals surface area (Å²) in [6.45, 7) is -0.0689. The molecule has 5 heteroatoms. The summed E-state index contributed by atoms with van der Waals surface area (Å²) in [5.41, 5.74) is 0. The van der Waals surface area contributed by atoms with Crippen molar-refractivity contribution in [1.29, 1.82) is 0 Å². The highest BCUT2D eigenvalue weighted by Crippen LogP contribution is 2.16. The van der Waals surface area contributed by atoms with Crippen LogP contribution < -0.4 is 0 Å². The molecule has 4 nitrogen and oxygen atoms in total. The summed E-state index contributed by atoms with van der Waals surface area (Å²) in [4.78, 5) is 12.3. The molecule has 0 aromatic rings. The van der Waals surface area contributed by atoms with E-state index >= 15 is 0 Å². The fourth-order valence-corrected chi connectivity index (χ4v) is 1.48. The van der Waals surface area contributed by atoms with Gasteiger partial charge >= 0.3 is 0 Å². The first kappa shape index (κ1) is 10.4. The van der Waals surface area contributed by atoms with Crippen LogP contribution in [0.1, 0.15) is 6.42 Å². The van der Waals surface area contributed by atoms with Crippen LogP contribution in [0.25, 0.3) is 0 Å². The quantitative estimate of drug-likeness (QED) is 0.644. The van der Waals surface area contributed by atoms with Gasteiger partial charge in [0.05, 0.1) is 12.6 Å². The molecule has 1 N–H and O–H groups in total. The normalized spacial score (nSPS) is 29.0. The Balaban J connectivity index is 2.45. The van der Waals surface area contributed by atoms with Gasteiger partial charge in [-0.25, -0.2) is 4.39 Å². The maximum atomic E-state index is 13.2. The van der Waals surface area contributed by atoms with Gasteiger partial charge in [0.15, 0.2) is 0 Å². The molecule has 0 aliphatic carbocycles. The van der Waals surface area contributed by atoms with Crippen molar-refractivity contribution >= 4 is 5.91 Å². The number of nitrogens with zero attached hydrogens (tertiary/aromatic N) is 1. The molecule has 2 atom stereocenters. The van der Waals surface area contributed by atoms with E-state index in [0.29, 0.717) is 13.0 Å². The minimum atomic E-state index is -1.14. The lowest BCUT2D eigenvalue weighted by atomic mass is 10.1. The van der Waals surface area contributed by atoms with E-state index in [0.717, 1.165) is 0 Å². The summed E-state index contributed by atoms with van der Waals surface area (Å²) in [5, 5.41) is 8.55. The fourth-order valence-electron chi connectivity index (χ4n) is 1.48. The molecule has 0 unspecified atom stereocenters. The maximum absolute atomic E-state index is 13.2. The summed E-state index contributed by atoms with van der Waals surface area (Å²) in [6, 6.07) is 0. The van der Waals surface area contributed by atoms with E-state index in [1.807, 2.05) is 0 Å². The Hall–Kier alpha value is -0.680. The topological polar surface area (TPSA) is 49.8 Å². The van der Waals surface area contributed by atoms with Crippen LogP contribution in [0.15, 0.2) is 0 Å². The predicted molar refractivity (Wildman–Crippen MR) is 44.0 cm³/mol. The second kappa shape index (κ2) is 4.53. The second-order valence-corrected chi connectivity index (χ2v) is 3.08. The van der Waals surface area contributed by atoms with Crippen LogP contribution in [0, 0.1) is 0 Å². The van der Waals surface area contributed by atoms with Crippen LogP contribution in [0.5, 0.6) is 0 Å². The number of hydrogen-bond donors (Lipinski definition) is 1. The van der Waals surface area contributed by atoms with Gasteiger partial charge in [0, 0.05) is 13.7 Å². The molecular formula is C8H14FNO3. The summed E-state index contributed by atoms with van der Waals surface area (Å²) in [7, 11) is 1.46. The number of hydrogen-bond acceptors (Lipinski definition) is 3. The number of aliphatic hydroxyl groups is 1. The molecule has 1 aliphatic rings. The highest BCUT2D eigenvalue weighted by molar-refractivity contribution is 5.77. The maximum Gasteiger partial charge on any atom is 0.248 e. The van der Waals surface area contributed by atoms with Gasteiger partial charge in [-0.15, -0.1) is 0 Å². The average molecular weight is 191 g/mol. The highest BCUT2D eigenvalue weighted by Gasteiger charge is 2.30. The van der Waals surface area contributed by atoms with Crippen molar-refractivity contribution in [2.24, 2.45) is 0 Å². The summed E-state index contributed by atoms with van der Waals surface area (Å²) >= 11 is 0. The van der Waals surface area contributed by atoms with E-state index < -0.39 is 24.8 Å². The highest BCUT2D eigenvalue weighted by atomic mass is 19.1. The molecule has 0 bridgehead atoms. The molecule has 0 radical (unpaired) electrons. The van der Waals surface area contributed by atoms with Crippen LogP contribution in [0.3, 0.4) is 0 Å². The number of amides is 1. The van der Waals surface area contributed by atoms with E-state index in [1.165, 1.54) is 12.0 Å². The predicted octanol–water partition coefficient (Wildman–Crippen LogP) is -0.436. The van der Waals surface area contributed by atoms with Gasteiger partial charge in [0.2, 0.25) is 5.91 Å². The zero-order chi connectivity index (χ0) is 9.84. The fraction of sp³-hybridized carbons (Fsp3) is 0.875. The van der Waals surface area contributed by atoms with E-state index in [9.17, 15) is 9.18 Å². The number of methoxy groups -OCH3 is 1. The third kappa shape index (κ3) is 2.38. The lowest BCUT2D eigenvalue weighted by molar-refractivity contribution is -0.139. The van der Waals surface area contributed by atoms with Crippen molar-refractivity contribution in [2.45, 2.75) is 18.7 Å². The van der Waals surface area contributed by atoms with E-state index in [-0.39, 0.29) is 6.54 Å². The summed E-state index contributed by atoms with van der Waals surface area (Å²) in [6.07, 6.45) is -1.07. The number of likely N-dealkylation sites (tertiary alicyclic amines) is 1. The zero-order valence-corrected chi connectivity index (χ0v) is 7.57. The van der Waals surface area contributed by atoms with Crippen LogP contribution >= 0.6 is 0 Å². The van der Waals surface area contributed by atoms with Crippen molar-refractivity contribution in [3.8, 4) is 0 Å². The van der Waals surface area contributed by atoms with E-state index in [4.69, 9.17) is 9.84 Å². The van der Waals surface area contributed by atoms with Crippen molar-refractivity contribution < 1.29 is 19.0 Å². The molecule has 0 aromatic carbocycles. The number of rotatable bonds is 2. The Morgan fingerprint density at radius 1 is 1.77 bits per heavy atom. The van der Waals surface area contributed by atoms with Gasteiger partial charge in [0.25, 0.3) is 0 Å². The average Bonchev–Trinajstić information content (AvgIpc) is 2.16. The SMILES string of the molecule is CO[C@@H]1CCN(C(=O)CO)C[C@@H]1F. The first-order chi connectivity index (χ1) is 6.19. The molecule has 13 heavy (non-hydrogen) atoms. The Bertz CT molecular complexity index is 188. The van der Waals surface area contributed by atoms with Gasteiger partial charge in [0.1, 0.15) is 12.8 Å². The molecule has 1 rings (SSSR count). The Morgan fingerprint density at radius 3 is 2.92 bits per heavy atom. The Kier molecular flexibility index (Phi) is 3.62. The zero-order valence-electron chi connectivity index (χ0n) is 7.57. The first-order valence-corrected chi connectivity index (χ1v) is 4.24. The Morgan fingerprint density at radius 2 is 2.46 bits per heavy atom. The summed E-state index contributed by atoms with van der Waals surface area (Å²) < 4.78 is 18.1. The number of piperidine rings is 1. The minimum absolute atomic E-state index is 0.0257. The third-order valence-corrected chi connectivity index (χ3v) is 2.27. The summed E-state index contributed by atoms with van der Waals surface area (Å²) in [5.74, 6) is -0.419. The molecule has 1 amide bonds. The van der Waals surface area contributed by atoms with Crippen LogP contribution in [-0.2, 0) is 9.53 Å². The van der Waals surface area contributed by atoms with Gasteiger partial charge < -0.3 is 14.7 Å². The number of ether oxygens (including phenoxy) is 1. The molecule has 76 valence electrons. The van der Waals surface area contributed by atoms with Crippen molar-refractivity contribution in [3.05, 3.63) is 0 Å². The van der Waals surface area contributed by atoms with E-state index in [1.54, 1.807) is 0 Å². The number of carbonyl (C=O) groups excluding carboxylic acids is 1. The standard InChI is InChI=1S/C8H14FNO3/c1-13-7-2-3-10(4-6(7)9)8(12)5-11/h6-7,11H,2-5H2,1H3/t6-,7+/m0/s1. The molecule has 0 aromatic heterocycles. The first-order valence-electron chi connectivity index (χ1n) is 4.24. The number of aliphatic hydroxyl groups excluding tert-OH is 1. The lowest BCUT2D eigenvalue weighted by Gasteiger charge is -2.33. The van der Waals surface area contributed by atoms with Gasteiger partial charge in [-0.1, -0.05) is 0 Å². The van der Waals surface area contributed by atoms with Crippen molar-refractivity contribution in [3.63, 3.8) is 0 Å². The molecular weight excluding hydrogens is 177 g/mol. The van der Waals surface area contributed by atoms with Crippen molar-refractivity contribution in [2.75, 3.05) is 26.8 Å². The van der Waals surface area contributed by atoms with Gasteiger partial charge in [-0.05, 0) is 6.42 Å². The lowest BCUT2D eigenvalue weighted by Crippen LogP contribution is -2.48. The van der Waals surface area contributed by atoms with E-state index in [2.05, 4.69) is 0 Å². The van der Waals surface area contributed by atoms with Crippen LogP contribution in [0.2, 0.25) is 0 Å². The monoisotopic (exact) mass is 191 g/mol. The van der Waals surface area contributed by atoms with Crippen molar-refractivity contribution in [1.82, 2.24) is 4.90 Å². The molecule has 0 saturated carbocycles. The van der Waals surface area contributed by atoms with Gasteiger partial charge in [-0.2, -0.15) is 0 Å². The molecule has 0 spiro atoms. The number of alkyl halides is 1. The van der Waals surface area contributed by atoms with Gasteiger partial charge in [-0.3, -0.25) is 4.79 Å². The Labute approximate surface area is 76.3 Å². The molecule has 1 saturated heterocycles. The largest absolute Gasteiger partial charge is 0.387 e. The molecule has 1 fully saturated rings.